The van der Waals surface area contributed by atoms with Crippen molar-refractivity contribution < 1.29 is 21.6 Å². The molecule has 2 aromatic carbocycles. The molecule has 0 radical (unpaired) electrons. The lowest BCUT2D eigenvalue weighted by atomic mass is 9.88. The summed E-state index contributed by atoms with van der Waals surface area (Å²) in [6.07, 6.45) is -3.08. The first-order chi connectivity index (χ1) is 14.5. The number of hydrogen-bond donors (Lipinski definition) is 2. The van der Waals surface area contributed by atoms with E-state index in [-0.39, 0.29) is 16.4 Å². The average Bonchev–Trinajstić information content (AvgIpc) is 3.23. The standard InChI is InChI=1S/C19H19ClF3N5O2S/c1-9-4-6-14(21)16(10(9)2)11(3)17(19-24-27-28-25-19)26-31(29,30)15-7-5-12(20)8-13(15)18(22)23/h4-8,11,17-18,26H,1-3H3,(H,24,25,27,28)/t11-,17+/m1/s1. The topological polar surface area (TPSA) is 101 Å². The third-order valence-corrected chi connectivity index (χ3v) is 6.86. The summed E-state index contributed by atoms with van der Waals surface area (Å²) in [5, 5.41) is 13.3. The van der Waals surface area contributed by atoms with E-state index in [0.29, 0.717) is 5.56 Å². The molecule has 0 saturated heterocycles. The molecule has 1 heterocycles. The predicted octanol–water partition coefficient (Wildman–Crippen LogP) is 4.37. The number of aromatic nitrogens is 4. The Morgan fingerprint density at radius 2 is 1.87 bits per heavy atom. The van der Waals surface area contributed by atoms with Crippen LogP contribution in [0.4, 0.5) is 13.2 Å². The van der Waals surface area contributed by atoms with Gasteiger partial charge in [0.25, 0.3) is 6.43 Å². The van der Waals surface area contributed by atoms with Crippen LogP contribution in [-0.4, -0.2) is 29.0 Å². The Labute approximate surface area is 182 Å². The highest BCUT2D eigenvalue weighted by molar-refractivity contribution is 7.89. The van der Waals surface area contributed by atoms with E-state index in [9.17, 15) is 21.6 Å². The molecule has 31 heavy (non-hydrogen) atoms. The van der Waals surface area contributed by atoms with E-state index in [4.69, 9.17) is 11.6 Å². The maximum absolute atomic E-state index is 14.7. The largest absolute Gasteiger partial charge is 0.265 e. The number of H-pyrrole nitrogens is 1. The Morgan fingerprint density at radius 3 is 2.48 bits per heavy atom. The van der Waals surface area contributed by atoms with Crippen LogP contribution in [0.5, 0.6) is 0 Å². The Bertz CT molecular complexity index is 1190. The van der Waals surface area contributed by atoms with Crippen LogP contribution in [0, 0.1) is 19.7 Å². The molecule has 3 aromatic rings. The molecule has 3 rings (SSSR count). The molecule has 0 aliphatic rings. The first-order valence-corrected chi connectivity index (χ1v) is 11.0. The van der Waals surface area contributed by atoms with Gasteiger partial charge in [-0.25, -0.2) is 21.6 Å². The fraction of sp³-hybridized carbons (Fsp3) is 0.316. The summed E-state index contributed by atoms with van der Waals surface area (Å²) in [4.78, 5) is -0.644. The summed E-state index contributed by atoms with van der Waals surface area (Å²) in [6.45, 7) is 5.09. The molecule has 2 N–H and O–H groups in total. The summed E-state index contributed by atoms with van der Waals surface area (Å²) in [7, 11) is -4.50. The minimum Gasteiger partial charge on any atom is -0.207 e. The van der Waals surface area contributed by atoms with Crippen molar-refractivity contribution in [3.8, 4) is 0 Å². The van der Waals surface area contributed by atoms with Gasteiger partial charge in [0.05, 0.1) is 10.9 Å². The number of benzene rings is 2. The highest BCUT2D eigenvalue weighted by Crippen LogP contribution is 2.36. The van der Waals surface area contributed by atoms with Crippen LogP contribution in [0.15, 0.2) is 35.2 Å². The normalized spacial score (nSPS) is 14.1. The molecule has 0 aliphatic carbocycles. The fourth-order valence-corrected chi connectivity index (χ4v) is 5.03. The molecule has 0 aliphatic heterocycles. The van der Waals surface area contributed by atoms with Crippen molar-refractivity contribution in [1.82, 2.24) is 25.3 Å². The van der Waals surface area contributed by atoms with Gasteiger partial charge in [0.15, 0.2) is 5.82 Å². The zero-order chi connectivity index (χ0) is 22.9. The van der Waals surface area contributed by atoms with Crippen LogP contribution < -0.4 is 4.72 Å². The number of aromatic amines is 1. The Morgan fingerprint density at radius 1 is 1.16 bits per heavy atom. The molecule has 0 amide bonds. The van der Waals surface area contributed by atoms with E-state index in [2.05, 4.69) is 25.3 Å². The van der Waals surface area contributed by atoms with Crippen molar-refractivity contribution in [1.29, 1.82) is 0 Å². The lowest BCUT2D eigenvalue weighted by Gasteiger charge is -2.25. The molecule has 2 atom stereocenters. The fourth-order valence-electron chi connectivity index (χ4n) is 3.38. The number of sulfonamides is 1. The second-order valence-electron chi connectivity index (χ2n) is 7.04. The van der Waals surface area contributed by atoms with Gasteiger partial charge in [-0.3, -0.25) is 0 Å². The Hall–Kier alpha value is -2.50. The van der Waals surface area contributed by atoms with Gasteiger partial charge in [-0.05, 0) is 54.8 Å². The number of aryl methyl sites for hydroxylation is 1. The van der Waals surface area contributed by atoms with Crippen LogP contribution in [0.3, 0.4) is 0 Å². The summed E-state index contributed by atoms with van der Waals surface area (Å²) in [6, 6.07) is 4.76. The van der Waals surface area contributed by atoms with Gasteiger partial charge >= 0.3 is 0 Å². The van der Waals surface area contributed by atoms with Crippen molar-refractivity contribution in [3.63, 3.8) is 0 Å². The van der Waals surface area contributed by atoms with E-state index >= 15 is 0 Å². The highest BCUT2D eigenvalue weighted by Gasteiger charge is 2.34. The number of nitrogens with zero attached hydrogens (tertiary/aromatic N) is 3. The van der Waals surface area contributed by atoms with Gasteiger partial charge in [-0.1, -0.05) is 29.8 Å². The first kappa shape index (κ1) is 23.2. The minimum absolute atomic E-state index is 0.0326. The molecule has 0 unspecified atom stereocenters. The quantitative estimate of drug-likeness (QED) is 0.530. The molecular formula is C19H19ClF3N5O2S. The first-order valence-electron chi connectivity index (χ1n) is 9.11. The molecular weight excluding hydrogens is 455 g/mol. The van der Waals surface area contributed by atoms with Crippen LogP contribution >= 0.6 is 11.6 Å². The van der Waals surface area contributed by atoms with Gasteiger partial charge in [0.2, 0.25) is 10.0 Å². The van der Waals surface area contributed by atoms with Crippen LogP contribution in [-0.2, 0) is 10.0 Å². The molecule has 0 bridgehead atoms. The maximum atomic E-state index is 14.7. The van der Waals surface area contributed by atoms with E-state index < -0.39 is 44.7 Å². The Kier molecular flexibility index (Phi) is 6.68. The summed E-state index contributed by atoms with van der Waals surface area (Å²) in [5.74, 6) is -1.40. The zero-order valence-electron chi connectivity index (χ0n) is 16.7. The monoisotopic (exact) mass is 473 g/mol. The maximum Gasteiger partial charge on any atom is 0.265 e. The predicted molar refractivity (Wildman–Crippen MR) is 108 cm³/mol. The summed E-state index contributed by atoms with van der Waals surface area (Å²) >= 11 is 5.76. The third-order valence-electron chi connectivity index (χ3n) is 5.11. The van der Waals surface area contributed by atoms with Gasteiger partial charge in [-0.2, -0.15) is 9.94 Å². The highest BCUT2D eigenvalue weighted by atomic mass is 35.5. The van der Waals surface area contributed by atoms with E-state index in [0.717, 1.165) is 17.7 Å². The van der Waals surface area contributed by atoms with Crippen molar-refractivity contribution in [2.24, 2.45) is 0 Å². The van der Waals surface area contributed by atoms with Crippen LogP contribution in [0.2, 0.25) is 5.02 Å². The van der Waals surface area contributed by atoms with E-state index in [1.807, 2.05) is 0 Å². The number of halogens is 4. The molecule has 7 nitrogen and oxygen atoms in total. The number of alkyl halides is 2. The number of rotatable bonds is 7. The van der Waals surface area contributed by atoms with Crippen molar-refractivity contribution in [2.75, 3.05) is 0 Å². The second-order valence-corrected chi connectivity index (χ2v) is 9.16. The van der Waals surface area contributed by atoms with Crippen molar-refractivity contribution in [3.05, 3.63) is 69.2 Å². The number of tetrazole rings is 1. The molecule has 0 spiro atoms. The number of nitrogens with one attached hydrogen (secondary N) is 2. The average molecular weight is 474 g/mol. The van der Waals surface area contributed by atoms with Gasteiger partial charge < -0.3 is 0 Å². The molecule has 1 aromatic heterocycles. The lowest BCUT2D eigenvalue weighted by molar-refractivity contribution is 0.148. The summed E-state index contributed by atoms with van der Waals surface area (Å²) in [5.41, 5.74) is 0.927. The molecule has 0 saturated carbocycles. The van der Waals surface area contributed by atoms with E-state index in [1.54, 1.807) is 26.8 Å². The third kappa shape index (κ3) is 4.73. The molecule has 166 valence electrons. The second kappa shape index (κ2) is 8.93. The minimum atomic E-state index is -4.50. The smallest absolute Gasteiger partial charge is 0.207 e. The van der Waals surface area contributed by atoms with Crippen LogP contribution in [0.1, 0.15) is 53.4 Å². The van der Waals surface area contributed by atoms with Crippen LogP contribution in [0.25, 0.3) is 0 Å². The van der Waals surface area contributed by atoms with Gasteiger partial charge in [0.1, 0.15) is 5.82 Å². The Balaban J connectivity index is 2.10. The lowest BCUT2D eigenvalue weighted by Crippen LogP contribution is -2.34. The summed E-state index contributed by atoms with van der Waals surface area (Å²) < 4.78 is 70.2. The zero-order valence-corrected chi connectivity index (χ0v) is 18.3. The SMILES string of the molecule is Cc1ccc(F)c([C@@H](C)[C@H](NS(=O)(=O)c2ccc(Cl)cc2C(F)F)c2nn[nH]n2)c1C. The number of hydrogen-bond acceptors (Lipinski definition) is 5. The molecule has 0 fully saturated rings. The van der Waals surface area contributed by atoms with Crippen molar-refractivity contribution >= 4 is 21.6 Å². The van der Waals surface area contributed by atoms with Gasteiger partial charge in [0, 0.05) is 16.5 Å². The van der Waals surface area contributed by atoms with Crippen molar-refractivity contribution in [2.45, 2.75) is 44.1 Å². The molecule has 12 heteroatoms. The van der Waals surface area contributed by atoms with E-state index in [1.165, 1.54) is 12.1 Å². The van der Waals surface area contributed by atoms with Gasteiger partial charge in [-0.15, -0.1) is 10.2 Å².